The molecule has 1 amide bonds. The zero-order valence-electron chi connectivity index (χ0n) is 16.1. The minimum absolute atomic E-state index is 0.0145. The zero-order valence-corrected chi connectivity index (χ0v) is 16.9. The van der Waals surface area contributed by atoms with E-state index in [4.69, 9.17) is 9.90 Å². The fourth-order valence-electron chi connectivity index (χ4n) is 3.62. The van der Waals surface area contributed by atoms with E-state index in [1.807, 2.05) is 11.9 Å². The Morgan fingerprint density at radius 1 is 1.23 bits per heavy atom. The highest BCUT2D eigenvalue weighted by Crippen LogP contribution is 2.36. The Hall–Kier alpha value is -2.25. The zero-order chi connectivity index (χ0) is 22.9. The topological polar surface area (TPSA) is 107 Å². The average Bonchev–Trinajstić information content (AvgIpc) is 3.21. The second-order valence-electron chi connectivity index (χ2n) is 6.94. The van der Waals surface area contributed by atoms with E-state index < -0.39 is 28.0 Å². The Balaban J connectivity index is 0.000000396. The second kappa shape index (κ2) is 8.86. The molecule has 1 aromatic rings. The van der Waals surface area contributed by atoms with Crippen molar-refractivity contribution < 1.29 is 40.7 Å². The van der Waals surface area contributed by atoms with Crippen molar-refractivity contribution in [2.75, 3.05) is 27.2 Å². The van der Waals surface area contributed by atoms with Crippen LogP contribution in [0.5, 0.6) is 0 Å². The average molecular weight is 455 g/mol. The monoisotopic (exact) mass is 455 g/mol. The second-order valence-corrected chi connectivity index (χ2v) is 8.88. The van der Waals surface area contributed by atoms with Crippen LogP contribution in [0.1, 0.15) is 6.42 Å². The summed E-state index contributed by atoms with van der Waals surface area (Å²) in [6.07, 6.45) is -4.45. The van der Waals surface area contributed by atoms with Gasteiger partial charge in [-0.1, -0.05) is 6.07 Å². The van der Waals surface area contributed by atoms with Gasteiger partial charge in [-0.3, -0.25) is 9.69 Å². The van der Waals surface area contributed by atoms with Gasteiger partial charge in [0.15, 0.2) is 0 Å². The largest absolute Gasteiger partial charge is 0.490 e. The van der Waals surface area contributed by atoms with E-state index in [1.54, 1.807) is 7.05 Å². The van der Waals surface area contributed by atoms with Crippen LogP contribution in [-0.4, -0.2) is 80.1 Å². The molecule has 2 N–H and O–H groups in total. The van der Waals surface area contributed by atoms with Gasteiger partial charge in [-0.15, -0.1) is 0 Å². The first-order chi connectivity index (χ1) is 13.8. The lowest BCUT2D eigenvalue weighted by Gasteiger charge is -2.25. The van der Waals surface area contributed by atoms with Gasteiger partial charge >= 0.3 is 12.1 Å². The van der Waals surface area contributed by atoms with Crippen LogP contribution in [0.2, 0.25) is 0 Å². The molecule has 2 heterocycles. The van der Waals surface area contributed by atoms with Crippen molar-refractivity contribution in [3.63, 3.8) is 0 Å². The Morgan fingerprint density at radius 2 is 1.83 bits per heavy atom. The van der Waals surface area contributed by atoms with Crippen LogP contribution in [0.15, 0.2) is 29.2 Å². The van der Waals surface area contributed by atoms with Gasteiger partial charge in [-0.2, -0.15) is 17.5 Å². The minimum Gasteiger partial charge on any atom is -0.475 e. The highest BCUT2D eigenvalue weighted by molar-refractivity contribution is 7.89. The van der Waals surface area contributed by atoms with E-state index in [2.05, 4.69) is 5.32 Å². The number of aliphatic carboxylic acids is 1. The van der Waals surface area contributed by atoms with Crippen LogP contribution in [-0.2, 0) is 19.6 Å². The summed E-state index contributed by atoms with van der Waals surface area (Å²) in [5, 5.41) is 9.77. The van der Waals surface area contributed by atoms with E-state index in [-0.39, 0.29) is 28.8 Å². The van der Waals surface area contributed by atoms with Crippen LogP contribution in [0, 0.1) is 11.7 Å². The van der Waals surface area contributed by atoms with Gasteiger partial charge in [0.1, 0.15) is 5.82 Å². The number of carboxylic acid groups (broad SMARTS) is 1. The number of carboxylic acids is 1. The van der Waals surface area contributed by atoms with Crippen LogP contribution in [0.25, 0.3) is 0 Å². The Bertz CT molecular complexity index is 909. The van der Waals surface area contributed by atoms with E-state index in [0.29, 0.717) is 19.5 Å². The van der Waals surface area contributed by atoms with Crippen LogP contribution >= 0.6 is 0 Å². The van der Waals surface area contributed by atoms with Gasteiger partial charge in [-0.25, -0.2) is 17.6 Å². The van der Waals surface area contributed by atoms with Gasteiger partial charge in [0.25, 0.3) is 0 Å². The van der Waals surface area contributed by atoms with Gasteiger partial charge in [0.05, 0.1) is 10.9 Å². The number of alkyl halides is 3. The van der Waals surface area contributed by atoms with E-state index in [0.717, 1.165) is 6.07 Å². The summed E-state index contributed by atoms with van der Waals surface area (Å²) in [5.41, 5.74) is 0. The molecule has 0 spiro atoms. The summed E-state index contributed by atoms with van der Waals surface area (Å²) < 4.78 is 71.8. The van der Waals surface area contributed by atoms with Crippen molar-refractivity contribution in [1.29, 1.82) is 0 Å². The molecule has 0 aliphatic carbocycles. The molecule has 0 bridgehead atoms. The molecule has 0 unspecified atom stereocenters. The number of halogens is 4. The van der Waals surface area contributed by atoms with E-state index >= 15 is 0 Å². The quantitative estimate of drug-likeness (QED) is 0.656. The first-order valence-corrected chi connectivity index (χ1v) is 10.2. The molecule has 3 rings (SSSR count). The number of hydrogen-bond acceptors (Lipinski definition) is 5. The Kier molecular flexibility index (Phi) is 7.09. The van der Waals surface area contributed by atoms with Gasteiger partial charge in [0, 0.05) is 26.2 Å². The summed E-state index contributed by atoms with van der Waals surface area (Å²) in [6, 6.07) is 4.87. The molecular formula is C17H21F4N3O5S. The van der Waals surface area contributed by atoms with Crippen LogP contribution in [0.4, 0.5) is 17.6 Å². The predicted molar refractivity (Wildman–Crippen MR) is 96.4 cm³/mol. The summed E-state index contributed by atoms with van der Waals surface area (Å²) in [6.45, 7) is 0.689. The summed E-state index contributed by atoms with van der Waals surface area (Å²) in [7, 11) is -0.252. The number of amides is 1. The third kappa shape index (κ3) is 5.08. The molecule has 0 saturated carbocycles. The molecule has 13 heteroatoms. The first-order valence-electron chi connectivity index (χ1n) is 8.78. The smallest absolute Gasteiger partial charge is 0.475 e. The fraction of sp³-hybridized carbons (Fsp3) is 0.529. The maximum absolute atomic E-state index is 13.3. The lowest BCUT2D eigenvalue weighted by atomic mass is 10.0. The molecule has 1 aromatic carbocycles. The van der Waals surface area contributed by atoms with Crippen molar-refractivity contribution in [2.45, 2.75) is 29.6 Å². The van der Waals surface area contributed by atoms with Crippen molar-refractivity contribution in [2.24, 2.45) is 5.92 Å². The number of rotatable bonds is 3. The van der Waals surface area contributed by atoms with Crippen LogP contribution < -0.4 is 5.32 Å². The van der Waals surface area contributed by atoms with Crippen molar-refractivity contribution >= 4 is 21.9 Å². The Labute approximate surface area is 170 Å². The standard InChI is InChI=1S/C15H20FN3O3S.C2HF3O2/c1-17-15(20)13-6-10-8-19(9-14(10)18(13)2)23(21,22)12-5-3-4-11(16)7-12;3-2(4,5)1(6)7/h3-5,7,10,13-14H,6,8-9H2,1-2H3,(H,17,20);(H,6,7)/t10-,13-,14+;/m1./s1. The molecule has 30 heavy (non-hydrogen) atoms. The SMILES string of the molecule is CNC(=O)[C@H]1C[C@@H]2CN(S(=O)(=O)c3cccc(F)c3)C[C@@H]2N1C.O=C(O)C(F)(F)F. The van der Waals surface area contributed by atoms with Crippen molar-refractivity contribution in [3.8, 4) is 0 Å². The van der Waals surface area contributed by atoms with Crippen LogP contribution in [0.3, 0.4) is 0 Å². The molecule has 2 aliphatic rings. The predicted octanol–water partition coefficient (Wildman–Crippen LogP) is 0.898. The number of nitrogens with zero attached hydrogens (tertiary/aromatic N) is 2. The normalized spacial score (nSPS) is 24.7. The number of nitrogens with one attached hydrogen (secondary N) is 1. The third-order valence-electron chi connectivity index (χ3n) is 5.14. The first kappa shape index (κ1) is 24.0. The molecule has 2 fully saturated rings. The maximum Gasteiger partial charge on any atom is 0.490 e. The maximum atomic E-state index is 13.3. The molecule has 0 aromatic heterocycles. The van der Waals surface area contributed by atoms with Crippen molar-refractivity contribution in [3.05, 3.63) is 30.1 Å². The van der Waals surface area contributed by atoms with Gasteiger partial charge in [0.2, 0.25) is 15.9 Å². The van der Waals surface area contributed by atoms with E-state index in [9.17, 15) is 30.8 Å². The fourth-order valence-corrected chi connectivity index (χ4v) is 5.17. The highest BCUT2D eigenvalue weighted by atomic mass is 32.2. The number of likely N-dealkylation sites (tertiary alicyclic amines) is 1. The number of fused-ring (bicyclic) bond motifs is 1. The molecule has 3 atom stereocenters. The van der Waals surface area contributed by atoms with Gasteiger partial charge in [-0.05, 0) is 37.6 Å². The number of sulfonamides is 1. The third-order valence-corrected chi connectivity index (χ3v) is 6.97. The van der Waals surface area contributed by atoms with E-state index in [1.165, 1.54) is 22.5 Å². The molecule has 2 aliphatic heterocycles. The number of hydrogen-bond donors (Lipinski definition) is 2. The minimum atomic E-state index is -5.08. The number of carbonyl (C=O) groups excluding carboxylic acids is 1. The molecule has 2 saturated heterocycles. The molecular weight excluding hydrogens is 434 g/mol. The molecule has 8 nitrogen and oxygen atoms in total. The molecule has 168 valence electrons. The number of likely N-dealkylation sites (N-methyl/N-ethyl adjacent to an activating group) is 2. The Morgan fingerprint density at radius 3 is 2.30 bits per heavy atom. The summed E-state index contributed by atoms with van der Waals surface area (Å²) in [4.78, 5) is 22.7. The number of carbonyl (C=O) groups is 2. The highest BCUT2D eigenvalue weighted by Gasteiger charge is 2.49. The van der Waals surface area contributed by atoms with Gasteiger partial charge < -0.3 is 10.4 Å². The lowest BCUT2D eigenvalue weighted by Crippen LogP contribution is -2.45. The lowest BCUT2D eigenvalue weighted by molar-refractivity contribution is -0.192. The summed E-state index contributed by atoms with van der Waals surface area (Å²) in [5.74, 6) is -3.25. The molecule has 0 radical (unpaired) electrons. The summed E-state index contributed by atoms with van der Waals surface area (Å²) >= 11 is 0. The number of benzene rings is 1. The van der Waals surface area contributed by atoms with Crippen molar-refractivity contribution in [1.82, 2.24) is 14.5 Å².